The van der Waals surface area contributed by atoms with Crippen molar-refractivity contribution in [1.82, 2.24) is 15.3 Å². The Balaban J connectivity index is 2.77. The SMILES string of the molecule is CC[C@H](NC(=O)Nc1nc(OC)cc(OC)n1)C(=O)O. The number of methoxy groups -OCH3 is 2. The van der Waals surface area contributed by atoms with Crippen molar-refractivity contribution in [3.8, 4) is 11.8 Å². The van der Waals surface area contributed by atoms with Gasteiger partial charge in [-0.2, -0.15) is 9.97 Å². The van der Waals surface area contributed by atoms with Crippen LogP contribution in [0.3, 0.4) is 0 Å². The van der Waals surface area contributed by atoms with Gasteiger partial charge in [-0.25, -0.2) is 9.59 Å². The van der Waals surface area contributed by atoms with E-state index in [-0.39, 0.29) is 24.1 Å². The Bertz CT molecular complexity index is 471. The molecule has 1 rings (SSSR count). The van der Waals surface area contributed by atoms with Gasteiger partial charge < -0.3 is 19.9 Å². The standard InChI is InChI=1S/C11H16N4O5/c1-4-6(9(16)17)12-11(18)15-10-13-7(19-2)5-8(14-10)20-3/h5-6H,4H2,1-3H3,(H,16,17)(H2,12,13,14,15,18)/t6-/m0/s1. The summed E-state index contributed by atoms with van der Waals surface area (Å²) in [6.45, 7) is 1.64. The minimum atomic E-state index is -1.12. The molecule has 9 heteroatoms. The van der Waals surface area contributed by atoms with Crippen LogP contribution in [-0.2, 0) is 4.79 Å². The van der Waals surface area contributed by atoms with Gasteiger partial charge in [0.2, 0.25) is 17.7 Å². The minimum absolute atomic E-state index is 0.0565. The largest absolute Gasteiger partial charge is 0.481 e. The van der Waals surface area contributed by atoms with E-state index >= 15 is 0 Å². The number of carboxylic acids is 1. The van der Waals surface area contributed by atoms with Gasteiger partial charge in [0.05, 0.1) is 20.3 Å². The molecule has 20 heavy (non-hydrogen) atoms. The van der Waals surface area contributed by atoms with E-state index in [9.17, 15) is 9.59 Å². The third-order valence-electron chi connectivity index (χ3n) is 2.33. The maximum atomic E-state index is 11.6. The zero-order chi connectivity index (χ0) is 15.1. The topological polar surface area (TPSA) is 123 Å². The van der Waals surface area contributed by atoms with Crippen LogP contribution in [0.4, 0.5) is 10.7 Å². The molecule has 2 amide bonds. The summed E-state index contributed by atoms with van der Waals surface area (Å²) in [5.41, 5.74) is 0. The van der Waals surface area contributed by atoms with Crippen molar-refractivity contribution in [3.63, 3.8) is 0 Å². The highest BCUT2D eigenvalue weighted by molar-refractivity contribution is 5.90. The molecular weight excluding hydrogens is 268 g/mol. The quantitative estimate of drug-likeness (QED) is 0.694. The first-order valence-electron chi connectivity index (χ1n) is 5.77. The predicted molar refractivity (Wildman–Crippen MR) is 69.0 cm³/mol. The number of hydrogen-bond acceptors (Lipinski definition) is 6. The molecule has 1 aromatic rings. The second-order valence-electron chi connectivity index (χ2n) is 3.67. The first-order valence-corrected chi connectivity index (χ1v) is 5.77. The van der Waals surface area contributed by atoms with Crippen LogP contribution < -0.4 is 20.1 Å². The van der Waals surface area contributed by atoms with E-state index < -0.39 is 18.0 Å². The maximum Gasteiger partial charge on any atom is 0.326 e. The van der Waals surface area contributed by atoms with E-state index in [1.165, 1.54) is 20.3 Å². The predicted octanol–water partition coefficient (Wildman–Crippen LogP) is 0.478. The lowest BCUT2D eigenvalue weighted by atomic mass is 10.2. The second-order valence-corrected chi connectivity index (χ2v) is 3.67. The number of anilines is 1. The highest BCUT2D eigenvalue weighted by Gasteiger charge is 2.18. The van der Waals surface area contributed by atoms with E-state index in [1.54, 1.807) is 6.92 Å². The van der Waals surface area contributed by atoms with Crippen LogP contribution in [0.25, 0.3) is 0 Å². The Morgan fingerprint density at radius 1 is 1.30 bits per heavy atom. The maximum absolute atomic E-state index is 11.6. The number of carbonyl (C=O) groups excluding carboxylic acids is 1. The number of aromatic nitrogens is 2. The fourth-order valence-corrected chi connectivity index (χ4v) is 1.30. The molecule has 1 aromatic heterocycles. The molecule has 3 N–H and O–H groups in total. The van der Waals surface area contributed by atoms with E-state index in [1.807, 2.05) is 0 Å². The minimum Gasteiger partial charge on any atom is -0.481 e. The summed E-state index contributed by atoms with van der Waals surface area (Å²) in [6.07, 6.45) is 0.255. The number of hydrogen-bond donors (Lipinski definition) is 3. The number of carbonyl (C=O) groups is 2. The third-order valence-corrected chi connectivity index (χ3v) is 2.33. The van der Waals surface area contributed by atoms with E-state index in [2.05, 4.69) is 20.6 Å². The Hall–Kier alpha value is -2.58. The Labute approximate surface area is 115 Å². The monoisotopic (exact) mass is 284 g/mol. The molecule has 0 aromatic carbocycles. The van der Waals surface area contributed by atoms with Gasteiger partial charge in [0.25, 0.3) is 0 Å². The Kier molecular flexibility index (Phi) is 5.51. The molecule has 0 bridgehead atoms. The molecule has 0 unspecified atom stereocenters. The number of amides is 2. The van der Waals surface area contributed by atoms with Gasteiger partial charge in [-0.05, 0) is 6.42 Å². The Morgan fingerprint density at radius 3 is 2.25 bits per heavy atom. The first kappa shape index (κ1) is 15.5. The molecule has 0 fully saturated rings. The van der Waals surface area contributed by atoms with E-state index in [4.69, 9.17) is 14.6 Å². The van der Waals surface area contributed by atoms with Crippen LogP contribution in [0, 0.1) is 0 Å². The number of nitrogens with one attached hydrogen (secondary N) is 2. The molecule has 1 atom stereocenters. The molecule has 0 aliphatic heterocycles. The highest BCUT2D eigenvalue weighted by atomic mass is 16.5. The summed E-state index contributed by atoms with van der Waals surface area (Å²) in [5, 5.41) is 13.4. The van der Waals surface area contributed by atoms with Crippen molar-refractivity contribution in [2.24, 2.45) is 0 Å². The molecule has 0 saturated heterocycles. The Morgan fingerprint density at radius 2 is 1.85 bits per heavy atom. The van der Waals surface area contributed by atoms with Crippen molar-refractivity contribution in [1.29, 1.82) is 0 Å². The van der Waals surface area contributed by atoms with Crippen molar-refractivity contribution >= 4 is 17.9 Å². The molecular formula is C11H16N4O5. The highest BCUT2D eigenvalue weighted by Crippen LogP contribution is 2.17. The van der Waals surface area contributed by atoms with Gasteiger partial charge in [0.1, 0.15) is 6.04 Å². The van der Waals surface area contributed by atoms with Crippen LogP contribution in [-0.4, -0.2) is 47.3 Å². The number of urea groups is 1. The van der Waals surface area contributed by atoms with Crippen LogP contribution >= 0.6 is 0 Å². The summed E-state index contributed by atoms with van der Waals surface area (Å²) in [4.78, 5) is 30.2. The molecule has 110 valence electrons. The molecule has 0 aliphatic rings. The van der Waals surface area contributed by atoms with Gasteiger partial charge in [0, 0.05) is 0 Å². The molecule has 0 spiro atoms. The lowest BCUT2D eigenvalue weighted by Gasteiger charge is -2.13. The first-order chi connectivity index (χ1) is 9.49. The number of aliphatic carboxylic acids is 1. The summed E-state index contributed by atoms with van der Waals surface area (Å²) >= 11 is 0. The normalized spacial score (nSPS) is 11.3. The fourth-order valence-electron chi connectivity index (χ4n) is 1.30. The van der Waals surface area contributed by atoms with Gasteiger partial charge in [-0.15, -0.1) is 0 Å². The summed E-state index contributed by atoms with van der Waals surface area (Å²) in [7, 11) is 2.81. The molecule has 0 saturated carbocycles. The van der Waals surface area contributed by atoms with Crippen molar-refractivity contribution in [2.45, 2.75) is 19.4 Å². The molecule has 0 radical (unpaired) electrons. The second kappa shape index (κ2) is 7.12. The lowest BCUT2D eigenvalue weighted by Crippen LogP contribution is -2.42. The van der Waals surface area contributed by atoms with E-state index in [0.29, 0.717) is 0 Å². The summed E-state index contributed by atoms with van der Waals surface area (Å²) in [5.74, 6) is -0.763. The van der Waals surface area contributed by atoms with Crippen LogP contribution in [0.5, 0.6) is 11.8 Å². The number of rotatable bonds is 6. The van der Waals surface area contributed by atoms with Crippen molar-refractivity contribution in [2.75, 3.05) is 19.5 Å². The number of carboxylic acid groups (broad SMARTS) is 1. The summed E-state index contributed by atoms with van der Waals surface area (Å²) < 4.78 is 9.84. The van der Waals surface area contributed by atoms with Crippen LogP contribution in [0.1, 0.15) is 13.3 Å². The van der Waals surface area contributed by atoms with Gasteiger partial charge in [-0.1, -0.05) is 6.92 Å². The van der Waals surface area contributed by atoms with Crippen LogP contribution in [0.2, 0.25) is 0 Å². The molecule has 0 aliphatic carbocycles. The zero-order valence-corrected chi connectivity index (χ0v) is 11.3. The van der Waals surface area contributed by atoms with Gasteiger partial charge in [-0.3, -0.25) is 5.32 Å². The van der Waals surface area contributed by atoms with Crippen LogP contribution in [0.15, 0.2) is 6.07 Å². The lowest BCUT2D eigenvalue weighted by molar-refractivity contribution is -0.139. The van der Waals surface area contributed by atoms with Crippen molar-refractivity contribution < 1.29 is 24.2 Å². The van der Waals surface area contributed by atoms with Crippen molar-refractivity contribution in [3.05, 3.63) is 6.07 Å². The third kappa shape index (κ3) is 4.26. The average Bonchev–Trinajstić information content (AvgIpc) is 2.43. The summed E-state index contributed by atoms with van der Waals surface area (Å²) in [6, 6.07) is -0.271. The smallest absolute Gasteiger partial charge is 0.326 e. The zero-order valence-electron chi connectivity index (χ0n) is 11.3. The van der Waals surface area contributed by atoms with Gasteiger partial charge >= 0.3 is 12.0 Å². The number of nitrogens with zero attached hydrogens (tertiary/aromatic N) is 2. The fraction of sp³-hybridized carbons (Fsp3) is 0.455. The average molecular weight is 284 g/mol. The number of ether oxygens (including phenoxy) is 2. The van der Waals surface area contributed by atoms with Gasteiger partial charge in [0.15, 0.2) is 0 Å². The van der Waals surface area contributed by atoms with E-state index in [0.717, 1.165) is 0 Å². The molecule has 1 heterocycles. The molecule has 9 nitrogen and oxygen atoms in total.